The molecule has 6 nitrogen and oxygen atoms in total. The minimum absolute atomic E-state index is 0.0232. The SMILES string of the molecule is O=C(Cc1scc(-c2ccc(Oc3ccccc3)cc2)c1C(=O)O)c1nc2ccccc2o1. The van der Waals surface area contributed by atoms with Crippen LogP contribution in [-0.4, -0.2) is 21.8 Å². The quantitative estimate of drug-likeness (QED) is 0.283. The van der Waals surface area contributed by atoms with Crippen molar-refractivity contribution in [1.82, 2.24) is 4.98 Å². The van der Waals surface area contributed by atoms with E-state index in [0.29, 0.717) is 33.0 Å². The molecular weight excluding hydrogens is 438 g/mol. The molecule has 5 rings (SSSR count). The second-order valence-electron chi connectivity index (χ2n) is 7.28. The van der Waals surface area contributed by atoms with Gasteiger partial charge in [0.2, 0.25) is 5.78 Å². The van der Waals surface area contributed by atoms with E-state index in [2.05, 4.69) is 4.98 Å². The van der Waals surface area contributed by atoms with Gasteiger partial charge < -0.3 is 14.3 Å². The van der Waals surface area contributed by atoms with E-state index in [4.69, 9.17) is 9.15 Å². The molecule has 0 spiro atoms. The van der Waals surface area contributed by atoms with Gasteiger partial charge in [-0.05, 0) is 47.3 Å². The second-order valence-corrected chi connectivity index (χ2v) is 8.24. The van der Waals surface area contributed by atoms with Crippen LogP contribution in [0.3, 0.4) is 0 Å². The monoisotopic (exact) mass is 455 g/mol. The molecule has 2 heterocycles. The molecule has 0 fully saturated rings. The van der Waals surface area contributed by atoms with Crippen LogP contribution in [0.4, 0.5) is 0 Å². The summed E-state index contributed by atoms with van der Waals surface area (Å²) < 4.78 is 11.3. The third-order valence-electron chi connectivity index (χ3n) is 5.08. The second kappa shape index (κ2) is 8.72. The number of rotatable bonds is 7. The van der Waals surface area contributed by atoms with Crippen molar-refractivity contribution in [2.75, 3.05) is 0 Å². The molecule has 0 aliphatic carbocycles. The average molecular weight is 455 g/mol. The fraction of sp³-hybridized carbons (Fsp3) is 0.0385. The number of hydrogen-bond donors (Lipinski definition) is 1. The van der Waals surface area contributed by atoms with E-state index in [1.54, 1.807) is 47.8 Å². The van der Waals surface area contributed by atoms with Gasteiger partial charge in [0.15, 0.2) is 5.58 Å². The highest BCUT2D eigenvalue weighted by Gasteiger charge is 2.24. The number of carboxylic acids is 1. The Morgan fingerprint density at radius 1 is 0.909 bits per heavy atom. The Labute approximate surface area is 192 Å². The molecule has 0 saturated carbocycles. The van der Waals surface area contributed by atoms with Crippen molar-refractivity contribution >= 4 is 34.2 Å². The van der Waals surface area contributed by atoms with Gasteiger partial charge in [-0.2, -0.15) is 0 Å². The lowest BCUT2D eigenvalue weighted by molar-refractivity contribution is 0.0697. The molecule has 0 unspecified atom stereocenters. The minimum Gasteiger partial charge on any atom is -0.478 e. The molecule has 0 aliphatic rings. The van der Waals surface area contributed by atoms with Crippen LogP contribution in [0.1, 0.15) is 25.9 Å². The van der Waals surface area contributed by atoms with Gasteiger partial charge in [0.25, 0.3) is 5.89 Å². The summed E-state index contributed by atoms with van der Waals surface area (Å²) in [7, 11) is 0. The van der Waals surface area contributed by atoms with Crippen LogP contribution in [0, 0.1) is 0 Å². The third kappa shape index (κ3) is 4.26. The van der Waals surface area contributed by atoms with Crippen LogP contribution < -0.4 is 4.74 Å². The Bertz CT molecular complexity index is 1420. The number of carbonyl (C=O) groups is 2. The zero-order chi connectivity index (χ0) is 22.8. The topological polar surface area (TPSA) is 89.6 Å². The number of ether oxygens (including phenoxy) is 1. The summed E-state index contributed by atoms with van der Waals surface area (Å²) in [5.41, 5.74) is 2.50. The first-order chi connectivity index (χ1) is 16.1. The van der Waals surface area contributed by atoms with E-state index in [0.717, 1.165) is 5.56 Å². The number of benzene rings is 3. The summed E-state index contributed by atoms with van der Waals surface area (Å²) in [6.45, 7) is 0. The number of thiophene rings is 1. The smallest absolute Gasteiger partial charge is 0.337 e. The van der Waals surface area contributed by atoms with Gasteiger partial charge >= 0.3 is 5.97 Å². The molecule has 0 radical (unpaired) electrons. The number of aromatic nitrogens is 1. The summed E-state index contributed by atoms with van der Waals surface area (Å²) >= 11 is 1.23. The first-order valence-electron chi connectivity index (χ1n) is 10.1. The van der Waals surface area contributed by atoms with Crippen molar-refractivity contribution in [3.8, 4) is 22.6 Å². The molecule has 1 N–H and O–H groups in total. The average Bonchev–Trinajstić information content (AvgIpc) is 3.45. The molecular formula is C26H17NO5S. The summed E-state index contributed by atoms with van der Waals surface area (Å²) in [5, 5.41) is 11.6. The number of ketones is 1. The number of carboxylic acid groups (broad SMARTS) is 1. The Balaban J connectivity index is 1.40. The zero-order valence-electron chi connectivity index (χ0n) is 17.2. The number of aromatic carboxylic acids is 1. The maximum Gasteiger partial charge on any atom is 0.337 e. The lowest BCUT2D eigenvalue weighted by Gasteiger charge is -2.07. The van der Waals surface area contributed by atoms with Gasteiger partial charge in [-0.3, -0.25) is 4.79 Å². The van der Waals surface area contributed by atoms with Crippen LogP contribution in [0.15, 0.2) is 88.7 Å². The van der Waals surface area contributed by atoms with Crippen molar-refractivity contribution in [1.29, 1.82) is 0 Å². The van der Waals surface area contributed by atoms with Crippen molar-refractivity contribution in [3.63, 3.8) is 0 Å². The van der Waals surface area contributed by atoms with Gasteiger partial charge in [0.05, 0.1) is 12.0 Å². The Hall–Kier alpha value is -4.23. The Morgan fingerprint density at radius 2 is 1.61 bits per heavy atom. The van der Waals surface area contributed by atoms with Crippen molar-refractivity contribution in [2.24, 2.45) is 0 Å². The zero-order valence-corrected chi connectivity index (χ0v) is 18.0. The molecule has 33 heavy (non-hydrogen) atoms. The summed E-state index contributed by atoms with van der Waals surface area (Å²) in [6, 6.07) is 23.7. The highest BCUT2D eigenvalue weighted by atomic mass is 32.1. The molecule has 0 amide bonds. The van der Waals surface area contributed by atoms with Crippen molar-refractivity contribution in [3.05, 3.63) is 101 Å². The van der Waals surface area contributed by atoms with Crippen LogP contribution in [0.25, 0.3) is 22.2 Å². The number of Topliss-reactive ketones (excluding diaryl/α,β-unsaturated/α-hetero) is 1. The van der Waals surface area contributed by atoms with Gasteiger partial charge in [-0.15, -0.1) is 11.3 Å². The summed E-state index contributed by atoms with van der Waals surface area (Å²) in [4.78, 5) is 29.5. The van der Waals surface area contributed by atoms with Crippen LogP contribution >= 0.6 is 11.3 Å². The van der Waals surface area contributed by atoms with E-state index in [1.165, 1.54) is 11.3 Å². The number of carbonyl (C=O) groups excluding carboxylic acids is 1. The number of fused-ring (bicyclic) bond motifs is 1. The molecule has 3 aromatic carbocycles. The van der Waals surface area contributed by atoms with Crippen LogP contribution in [0.2, 0.25) is 0 Å². The van der Waals surface area contributed by atoms with Gasteiger partial charge in [-0.1, -0.05) is 42.5 Å². The van der Waals surface area contributed by atoms with Crippen molar-refractivity contribution in [2.45, 2.75) is 6.42 Å². The molecule has 7 heteroatoms. The number of oxazole rings is 1. The first kappa shape index (κ1) is 20.7. The predicted octanol–water partition coefficient (Wildman–Crippen LogP) is 6.47. The van der Waals surface area contributed by atoms with E-state index in [-0.39, 0.29) is 23.7 Å². The maximum absolute atomic E-state index is 12.8. The first-order valence-corrected chi connectivity index (χ1v) is 11.0. The molecule has 0 bridgehead atoms. The predicted molar refractivity (Wildman–Crippen MR) is 125 cm³/mol. The van der Waals surface area contributed by atoms with Gasteiger partial charge in [-0.25, -0.2) is 9.78 Å². The maximum atomic E-state index is 12.8. The molecule has 2 aromatic heterocycles. The normalized spacial score (nSPS) is 10.9. The highest BCUT2D eigenvalue weighted by Crippen LogP contribution is 2.34. The number of para-hydroxylation sites is 3. The molecule has 0 atom stereocenters. The lowest BCUT2D eigenvalue weighted by Crippen LogP contribution is -2.07. The van der Waals surface area contributed by atoms with E-state index >= 15 is 0 Å². The highest BCUT2D eigenvalue weighted by molar-refractivity contribution is 7.11. The summed E-state index contributed by atoms with van der Waals surface area (Å²) in [6.07, 6.45) is -0.103. The lowest BCUT2D eigenvalue weighted by atomic mass is 10.0. The number of nitrogens with zero attached hydrogens (tertiary/aromatic N) is 1. The molecule has 5 aromatic rings. The summed E-state index contributed by atoms with van der Waals surface area (Å²) in [5.74, 6) is -0.120. The van der Waals surface area contributed by atoms with Crippen LogP contribution in [-0.2, 0) is 6.42 Å². The van der Waals surface area contributed by atoms with E-state index in [1.807, 2.05) is 36.4 Å². The fourth-order valence-corrected chi connectivity index (χ4v) is 4.56. The van der Waals surface area contributed by atoms with Crippen molar-refractivity contribution < 1.29 is 23.8 Å². The fourth-order valence-electron chi connectivity index (χ4n) is 3.52. The molecule has 0 saturated heterocycles. The van der Waals surface area contributed by atoms with Gasteiger partial charge in [0.1, 0.15) is 17.0 Å². The minimum atomic E-state index is -1.09. The molecule has 162 valence electrons. The number of hydrogen-bond acceptors (Lipinski definition) is 6. The van der Waals surface area contributed by atoms with Crippen LogP contribution in [0.5, 0.6) is 11.5 Å². The standard InChI is InChI=1S/C26H17NO5S/c28-21(25-27-20-8-4-5-9-22(20)32-25)14-23-24(26(29)30)19(15-33-23)16-10-12-18(13-11-16)31-17-6-2-1-3-7-17/h1-13,15H,14H2,(H,29,30). The molecule has 0 aliphatic heterocycles. The van der Waals surface area contributed by atoms with E-state index in [9.17, 15) is 14.7 Å². The van der Waals surface area contributed by atoms with Gasteiger partial charge in [0, 0.05) is 10.4 Å². The largest absolute Gasteiger partial charge is 0.478 e. The van der Waals surface area contributed by atoms with E-state index < -0.39 is 5.97 Å². The Kier molecular flexibility index (Phi) is 5.46. The third-order valence-corrected chi connectivity index (χ3v) is 6.07. The Morgan fingerprint density at radius 3 is 2.33 bits per heavy atom.